The second-order valence-electron chi connectivity index (χ2n) is 8.21. The summed E-state index contributed by atoms with van der Waals surface area (Å²) < 4.78 is 7.18. The monoisotopic (exact) mass is 364 g/mol. The maximum Gasteiger partial charge on any atom is 0.292 e. The topological polar surface area (TPSA) is 64.2 Å². The van der Waals surface area contributed by atoms with Gasteiger partial charge in [-0.2, -0.15) is 5.10 Å². The summed E-state index contributed by atoms with van der Waals surface area (Å²) in [5.74, 6) is 0.267. The Bertz CT molecular complexity index is 980. The number of hydrogen-bond acceptors (Lipinski definition) is 4. The quantitative estimate of drug-likeness (QED) is 0.698. The average molecular weight is 364 g/mol. The van der Waals surface area contributed by atoms with Crippen LogP contribution in [0.4, 0.5) is 0 Å². The van der Waals surface area contributed by atoms with E-state index in [-0.39, 0.29) is 17.2 Å². The lowest BCUT2D eigenvalue weighted by Crippen LogP contribution is -2.38. The van der Waals surface area contributed by atoms with Crippen LogP contribution in [0, 0.1) is 0 Å². The highest BCUT2D eigenvalue weighted by Crippen LogP contribution is 2.34. The smallest absolute Gasteiger partial charge is 0.292 e. The van der Waals surface area contributed by atoms with E-state index in [1.165, 1.54) is 5.56 Å². The standard InChI is InChI=1S/C21H24N4O2/c1-21(2,3)19-9-18(27-23-19)20(26)25-12-14-7-5-6-8-16(14)17(13-25)15-10-22-24(4)11-15/h5-11,17H,12-13H2,1-4H3. The Kier molecular flexibility index (Phi) is 4.13. The van der Waals surface area contributed by atoms with E-state index in [1.807, 2.05) is 36.5 Å². The molecule has 3 aromatic rings. The second-order valence-corrected chi connectivity index (χ2v) is 8.21. The van der Waals surface area contributed by atoms with E-state index in [0.29, 0.717) is 18.8 Å². The molecule has 0 N–H and O–H groups in total. The van der Waals surface area contributed by atoms with Gasteiger partial charge in [-0.25, -0.2) is 0 Å². The molecule has 4 rings (SSSR count). The van der Waals surface area contributed by atoms with Gasteiger partial charge in [-0.15, -0.1) is 0 Å². The van der Waals surface area contributed by atoms with Crippen molar-refractivity contribution in [2.24, 2.45) is 7.05 Å². The lowest BCUT2D eigenvalue weighted by molar-refractivity contribution is 0.0682. The van der Waals surface area contributed by atoms with Crippen LogP contribution in [0.5, 0.6) is 0 Å². The third kappa shape index (κ3) is 3.27. The molecule has 1 aliphatic heterocycles. The molecule has 0 saturated carbocycles. The number of fused-ring (bicyclic) bond motifs is 1. The van der Waals surface area contributed by atoms with Crippen molar-refractivity contribution in [1.82, 2.24) is 19.8 Å². The van der Waals surface area contributed by atoms with Gasteiger partial charge in [0.2, 0.25) is 5.76 Å². The van der Waals surface area contributed by atoms with Gasteiger partial charge in [0.05, 0.1) is 11.9 Å². The van der Waals surface area contributed by atoms with Crippen LogP contribution in [0.15, 0.2) is 47.2 Å². The Hall–Kier alpha value is -2.89. The molecule has 0 fully saturated rings. The number of carbonyl (C=O) groups excluding carboxylic acids is 1. The third-order valence-corrected chi connectivity index (χ3v) is 5.10. The Morgan fingerprint density at radius 3 is 2.70 bits per heavy atom. The summed E-state index contributed by atoms with van der Waals surface area (Å²) in [5.41, 5.74) is 4.14. The summed E-state index contributed by atoms with van der Waals surface area (Å²) in [6, 6.07) is 10.0. The first-order chi connectivity index (χ1) is 12.8. The van der Waals surface area contributed by atoms with E-state index in [2.05, 4.69) is 43.2 Å². The van der Waals surface area contributed by atoms with Gasteiger partial charge < -0.3 is 9.42 Å². The van der Waals surface area contributed by atoms with Crippen LogP contribution >= 0.6 is 0 Å². The van der Waals surface area contributed by atoms with E-state index in [0.717, 1.165) is 16.8 Å². The SMILES string of the molecule is Cn1cc(C2CN(C(=O)c3cc(C(C)(C)C)no3)Cc3ccccc32)cn1. The molecule has 0 bridgehead atoms. The molecule has 1 atom stereocenters. The van der Waals surface area contributed by atoms with Gasteiger partial charge >= 0.3 is 0 Å². The first kappa shape index (κ1) is 17.5. The van der Waals surface area contributed by atoms with Crippen LogP contribution in [0.3, 0.4) is 0 Å². The molecule has 27 heavy (non-hydrogen) atoms. The van der Waals surface area contributed by atoms with Crippen LogP contribution in [0.1, 0.15) is 59.6 Å². The van der Waals surface area contributed by atoms with Gasteiger partial charge in [0.25, 0.3) is 5.91 Å². The van der Waals surface area contributed by atoms with E-state index in [4.69, 9.17) is 4.52 Å². The van der Waals surface area contributed by atoms with Crippen LogP contribution in [-0.2, 0) is 19.0 Å². The normalized spacial score (nSPS) is 17.0. The summed E-state index contributed by atoms with van der Waals surface area (Å²) in [5, 5.41) is 8.40. The van der Waals surface area contributed by atoms with E-state index < -0.39 is 0 Å². The summed E-state index contributed by atoms with van der Waals surface area (Å²) in [7, 11) is 1.91. The highest BCUT2D eigenvalue weighted by molar-refractivity contribution is 5.91. The molecule has 1 aromatic carbocycles. The molecule has 2 aromatic heterocycles. The number of nitrogens with zero attached hydrogens (tertiary/aromatic N) is 4. The number of carbonyl (C=O) groups is 1. The van der Waals surface area contributed by atoms with Crippen molar-refractivity contribution in [1.29, 1.82) is 0 Å². The van der Waals surface area contributed by atoms with Crippen molar-refractivity contribution < 1.29 is 9.32 Å². The van der Waals surface area contributed by atoms with Crippen LogP contribution in [0.25, 0.3) is 0 Å². The molecule has 1 aliphatic rings. The Labute approximate surface area is 158 Å². The van der Waals surface area contributed by atoms with Crippen LogP contribution < -0.4 is 0 Å². The maximum atomic E-state index is 13.1. The first-order valence-corrected chi connectivity index (χ1v) is 9.16. The van der Waals surface area contributed by atoms with Crippen LogP contribution in [-0.4, -0.2) is 32.3 Å². The number of aryl methyl sites for hydroxylation is 1. The van der Waals surface area contributed by atoms with E-state index in [9.17, 15) is 4.79 Å². The minimum absolute atomic E-state index is 0.0950. The Balaban J connectivity index is 1.66. The molecule has 3 heterocycles. The van der Waals surface area contributed by atoms with Gasteiger partial charge in [0.15, 0.2) is 0 Å². The Morgan fingerprint density at radius 1 is 1.26 bits per heavy atom. The molecule has 1 unspecified atom stereocenters. The molecule has 0 spiro atoms. The van der Waals surface area contributed by atoms with Gasteiger partial charge in [-0.3, -0.25) is 9.48 Å². The fourth-order valence-electron chi connectivity index (χ4n) is 3.55. The summed E-state index contributed by atoms with van der Waals surface area (Å²) in [6.07, 6.45) is 3.89. The van der Waals surface area contributed by atoms with Crippen molar-refractivity contribution >= 4 is 5.91 Å². The molecule has 0 saturated heterocycles. The molecular weight excluding hydrogens is 340 g/mol. The number of hydrogen-bond donors (Lipinski definition) is 0. The number of rotatable bonds is 2. The van der Waals surface area contributed by atoms with Gasteiger partial charge in [0.1, 0.15) is 0 Å². The predicted octanol–water partition coefficient (Wildman–Crippen LogP) is 3.49. The Morgan fingerprint density at radius 2 is 2.04 bits per heavy atom. The largest absolute Gasteiger partial charge is 0.351 e. The summed E-state index contributed by atoms with van der Waals surface area (Å²) in [4.78, 5) is 14.9. The average Bonchev–Trinajstić information content (AvgIpc) is 3.29. The van der Waals surface area contributed by atoms with Gasteiger partial charge in [0, 0.05) is 43.7 Å². The third-order valence-electron chi connectivity index (χ3n) is 5.10. The van der Waals surface area contributed by atoms with Crippen LogP contribution in [0.2, 0.25) is 0 Å². The summed E-state index contributed by atoms with van der Waals surface area (Å²) >= 11 is 0. The molecule has 1 amide bonds. The van der Waals surface area contributed by atoms with E-state index in [1.54, 1.807) is 10.7 Å². The first-order valence-electron chi connectivity index (χ1n) is 9.16. The zero-order chi connectivity index (χ0) is 19.2. The molecule has 0 radical (unpaired) electrons. The lowest BCUT2D eigenvalue weighted by atomic mass is 9.86. The van der Waals surface area contributed by atoms with Crippen molar-refractivity contribution in [3.63, 3.8) is 0 Å². The van der Waals surface area contributed by atoms with Crippen molar-refractivity contribution in [3.8, 4) is 0 Å². The molecular formula is C21H24N4O2. The second kappa shape index (κ2) is 6.37. The highest BCUT2D eigenvalue weighted by Gasteiger charge is 2.32. The number of amides is 1. The fourth-order valence-corrected chi connectivity index (χ4v) is 3.55. The molecule has 140 valence electrons. The lowest BCUT2D eigenvalue weighted by Gasteiger charge is -2.33. The number of benzene rings is 1. The zero-order valence-electron chi connectivity index (χ0n) is 16.1. The molecule has 0 aliphatic carbocycles. The molecule has 6 nitrogen and oxygen atoms in total. The highest BCUT2D eigenvalue weighted by atomic mass is 16.5. The minimum Gasteiger partial charge on any atom is -0.351 e. The van der Waals surface area contributed by atoms with Crippen molar-refractivity contribution in [2.45, 2.75) is 38.6 Å². The van der Waals surface area contributed by atoms with Crippen molar-refractivity contribution in [2.75, 3.05) is 6.54 Å². The predicted molar refractivity (Wildman–Crippen MR) is 101 cm³/mol. The zero-order valence-corrected chi connectivity index (χ0v) is 16.1. The summed E-state index contributed by atoms with van der Waals surface area (Å²) in [6.45, 7) is 7.31. The number of aromatic nitrogens is 3. The van der Waals surface area contributed by atoms with Gasteiger partial charge in [-0.1, -0.05) is 50.2 Å². The maximum absolute atomic E-state index is 13.1. The van der Waals surface area contributed by atoms with Gasteiger partial charge in [-0.05, 0) is 16.7 Å². The van der Waals surface area contributed by atoms with Crippen molar-refractivity contribution in [3.05, 3.63) is 70.9 Å². The molecule has 6 heteroatoms. The van der Waals surface area contributed by atoms with E-state index >= 15 is 0 Å². The fraction of sp³-hybridized carbons (Fsp3) is 0.381. The minimum atomic E-state index is -0.158.